The molecule has 0 radical (unpaired) electrons. The molecular formula is C6H12O3. The van der Waals surface area contributed by atoms with Crippen molar-refractivity contribution in [2.24, 2.45) is 0 Å². The molecule has 9 heavy (non-hydrogen) atoms. The molecule has 3 nitrogen and oxygen atoms in total. The van der Waals surface area contributed by atoms with Gasteiger partial charge < -0.3 is 14.6 Å². The Bertz CT molecular complexity index is 94.3. The van der Waals surface area contributed by atoms with Crippen LogP contribution in [0.5, 0.6) is 0 Å². The van der Waals surface area contributed by atoms with Gasteiger partial charge in [-0.2, -0.15) is 0 Å². The Hall–Kier alpha value is -0.120. The minimum atomic E-state index is -0.726. The van der Waals surface area contributed by atoms with Crippen LogP contribution in [0.2, 0.25) is 0 Å². The van der Waals surface area contributed by atoms with Crippen LogP contribution in [-0.4, -0.2) is 30.2 Å². The van der Waals surface area contributed by atoms with Crippen LogP contribution in [0.25, 0.3) is 0 Å². The van der Waals surface area contributed by atoms with Crippen LogP contribution in [0.3, 0.4) is 0 Å². The molecule has 0 aliphatic carbocycles. The van der Waals surface area contributed by atoms with E-state index in [1.165, 1.54) is 0 Å². The van der Waals surface area contributed by atoms with Gasteiger partial charge in [-0.15, -0.1) is 0 Å². The number of aliphatic hydroxyl groups is 1. The van der Waals surface area contributed by atoms with Gasteiger partial charge in [-0.05, 0) is 13.8 Å². The van der Waals surface area contributed by atoms with E-state index in [0.717, 1.165) is 0 Å². The lowest BCUT2D eigenvalue weighted by atomic mass is 10.2. The van der Waals surface area contributed by atoms with E-state index in [-0.39, 0.29) is 12.2 Å². The maximum atomic E-state index is 8.85. The number of aliphatic hydroxyl groups excluding tert-OH is 1. The van der Waals surface area contributed by atoms with Gasteiger partial charge in [0.1, 0.15) is 0 Å². The first kappa shape index (κ1) is 6.99. The molecule has 0 aromatic rings. The number of rotatable bonds is 0. The molecule has 1 N–H and O–H groups in total. The molecule has 1 heterocycles. The van der Waals surface area contributed by atoms with Gasteiger partial charge >= 0.3 is 0 Å². The van der Waals surface area contributed by atoms with Crippen molar-refractivity contribution in [3.63, 3.8) is 0 Å². The Balaban J connectivity index is 2.35. The molecule has 54 valence electrons. The van der Waals surface area contributed by atoms with Gasteiger partial charge in [0.2, 0.25) is 0 Å². The third-order valence-electron chi connectivity index (χ3n) is 1.53. The van der Waals surface area contributed by atoms with Crippen molar-refractivity contribution in [1.82, 2.24) is 0 Å². The maximum absolute atomic E-state index is 8.85. The second kappa shape index (κ2) is 2.64. The van der Waals surface area contributed by atoms with Crippen molar-refractivity contribution in [1.29, 1.82) is 0 Å². The minimum absolute atomic E-state index is 0.00810. The summed E-state index contributed by atoms with van der Waals surface area (Å²) in [7, 11) is 0. The molecule has 3 heteroatoms. The average Bonchev–Trinajstić information content (AvgIpc) is 1.80. The molecule has 1 aliphatic rings. The topological polar surface area (TPSA) is 38.7 Å². The fourth-order valence-corrected chi connectivity index (χ4v) is 0.767. The van der Waals surface area contributed by atoms with Crippen molar-refractivity contribution < 1.29 is 14.6 Å². The smallest absolute Gasteiger partial charge is 0.178 e. The van der Waals surface area contributed by atoms with Gasteiger partial charge in [0, 0.05) is 0 Å². The Morgan fingerprint density at radius 3 is 2.44 bits per heavy atom. The van der Waals surface area contributed by atoms with Gasteiger partial charge in [0.15, 0.2) is 6.29 Å². The van der Waals surface area contributed by atoms with Crippen molar-refractivity contribution in [2.75, 3.05) is 6.61 Å². The summed E-state index contributed by atoms with van der Waals surface area (Å²) >= 11 is 0. The highest BCUT2D eigenvalue weighted by Gasteiger charge is 2.23. The molecule has 0 saturated carbocycles. The SMILES string of the molecule is C[C@@H]1OC[C@@H](O)O[C@@H]1C. The fraction of sp³-hybridized carbons (Fsp3) is 1.00. The van der Waals surface area contributed by atoms with Crippen molar-refractivity contribution >= 4 is 0 Å². The van der Waals surface area contributed by atoms with Crippen LogP contribution in [0, 0.1) is 0 Å². The Kier molecular flexibility index (Phi) is 2.05. The maximum Gasteiger partial charge on any atom is 0.178 e. The molecule has 0 aromatic carbocycles. The van der Waals surface area contributed by atoms with Gasteiger partial charge in [0.05, 0.1) is 18.8 Å². The normalized spacial score (nSPS) is 45.0. The molecule has 0 bridgehead atoms. The summed E-state index contributed by atoms with van der Waals surface area (Å²) in [5.41, 5.74) is 0. The zero-order valence-electron chi connectivity index (χ0n) is 5.70. The predicted molar refractivity (Wildman–Crippen MR) is 32.0 cm³/mol. The first-order chi connectivity index (χ1) is 4.20. The summed E-state index contributed by atoms with van der Waals surface area (Å²) in [4.78, 5) is 0. The lowest BCUT2D eigenvalue weighted by molar-refractivity contribution is -0.239. The minimum Gasteiger partial charge on any atom is -0.371 e. The summed E-state index contributed by atoms with van der Waals surface area (Å²) in [6.45, 7) is 4.11. The Morgan fingerprint density at radius 2 is 2.00 bits per heavy atom. The molecule has 0 unspecified atom stereocenters. The van der Waals surface area contributed by atoms with Crippen LogP contribution in [0.4, 0.5) is 0 Å². The van der Waals surface area contributed by atoms with E-state index < -0.39 is 6.29 Å². The summed E-state index contributed by atoms with van der Waals surface area (Å²) in [5.74, 6) is 0. The number of hydrogen-bond acceptors (Lipinski definition) is 3. The summed E-state index contributed by atoms with van der Waals surface area (Å²) < 4.78 is 10.2. The van der Waals surface area contributed by atoms with E-state index in [4.69, 9.17) is 14.6 Å². The van der Waals surface area contributed by atoms with Crippen LogP contribution in [-0.2, 0) is 9.47 Å². The lowest BCUT2D eigenvalue weighted by Gasteiger charge is -2.29. The quantitative estimate of drug-likeness (QED) is 0.509. The molecule has 1 rings (SSSR count). The van der Waals surface area contributed by atoms with E-state index in [9.17, 15) is 0 Å². The van der Waals surface area contributed by atoms with Gasteiger partial charge in [-0.25, -0.2) is 0 Å². The van der Waals surface area contributed by atoms with Crippen molar-refractivity contribution in [3.05, 3.63) is 0 Å². The zero-order valence-corrected chi connectivity index (χ0v) is 5.70. The summed E-state index contributed by atoms with van der Waals surface area (Å²) in [6, 6.07) is 0. The third kappa shape index (κ3) is 1.64. The molecule has 0 aromatic heterocycles. The molecule has 1 fully saturated rings. The first-order valence-corrected chi connectivity index (χ1v) is 3.15. The second-order valence-corrected chi connectivity index (χ2v) is 2.33. The monoisotopic (exact) mass is 132 g/mol. The number of hydrogen-bond donors (Lipinski definition) is 1. The molecular weight excluding hydrogens is 120 g/mol. The molecule has 1 aliphatic heterocycles. The van der Waals surface area contributed by atoms with Gasteiger partial charge in [-0.1, -0.05) is 0 Å². The Labute approximate surface area is 54.6 Å². The Morgan fingerprint density at radius 1 is 1.33 bits per heavy atom. The first-order valence-electron chi connectivity index (χ1n) is 3.15. The highest BCUT2D eigenvalue weighted by Crippen LogP contribution is 2.11. The molecule has 3 atom stereocenters. The predicted octanol–water partition coefficient (Wildman–Crippen LogP) is 0.129. The molecule has 0 amide bonds. The number of ether oxygens (including phenoxy) is 2. The van der Waals surface area contributed by atoms with E-state index in [2.05, 4.69) is 0 Å². The van der Waals surface area contributed by atoms with Crippen LogP contribution < -0.4 is 0 Å². The fourth-order valence-electron chi connectivity index (χ4n) is 0.767. The highest BCUT2D eigenvalue weighted by atomic mass is 16.7. The van der Waals surface area contributed by atoms with E-state index in [1.807, 2.05) is 13.8 Å². The zero-order chi connectivity index (χ0) is 6.85. The van der Waals surface area contributed by atoms with E-state index in [0.29, 0.717) is 6.61 Å². The molecule has 1 saturated heterocycles. The van der Waals surface area contributed by atoms with E-state index >= 15 is 0 Å². The lowest BCUT2D eigenvalue weighted by Crippen LogP contribution is -2.39. The molecule has 0 spiro atoms. The van der Waals surface area contributed by atoms with Crippen molar-refractivity contribution in [2.45, 2.75) is 32.3 Å². The van der Waals surface area contributed by atoms with Crippen molar-refractivity contribution in [3.8, 4) is 0 Å². The second-order valence-electron chi connectivity index (χ2n) is 2.33. The summed E-state index contributed by atoms with van der Waals surface area (Å²) in [5, 5.41) is 8.85. The largest absolute Gasteiger partial charge is 0.371 e. The van der Waals surface area contributed by atoms with Gasteiger partial charge in [0.25, 0.3) is 0 Å². The standard InChI is InChI=1S/C6H12O3/c1-4-5(2)9-6(7)3-8-4/h4-7H,3H2,1-2H3/t4-,5+,6-/m0/s1. The third-order valence-corrected chi connectivity index (χ3v) is 1.53. The average molecular weight is 132 g/mol. The van der Waals surface area contributed by atoms with Crippen LogP contribution >= 0.6 is 0 Å². The summed E-state index contributed by atoms with van der Waals surface area (Å²) in [6.07, 6.45) is -0.613. The van der Waals surface area contributed by atoms with Crippen LogP contribution in [0.1, 0.15) is 13.8 Å². The van der Waals surface area contributed by atoms with E-state index in [1.54, 1.807) is 0 Å². The van der Waals surface area contributed by atoms with Gasteiger partial charge in [-0.3, -0.25) is 0 Å². The van der Waals surface area contributed by atoms with Crippen LogP contribution in [0.15, 0.2) is 0 Å². The highest BCUT2D eigenvalue weighted by molar-refractivity contribution is 4.65.